The molecule has 0 saturated carbocycles. The molecule has 0 radical (unpaired) electrons. The molecule has 2 rings (SSSR count). The summed E-state index contributed by atoms with van der Waals surface area (Å²) in [5, 5.41) is 6.60. The van der Waals surface area contributed by atoms with Crippen molar-refractivity contribution in [3.63, 3.8) is 0 Å². The van der Waals surface area contributed by atoms with Gasteiger partial charge in [-0.3, -0.25) is 4.79 Å². The Bertz CT molecular complexity index is 274. The number of carbonyl (C=O) groups is 1. The van der Waals surface area contributed by atoms with E-state index in [0.717, 1.165) is 51.9 Å². The third-order valence-corrected chi connectivity index (χ3v) is 4.45. The molecule has 2 aliphatic heterocycles. The Hall–Kier alpha value is -0.610. The predicted molar refractivity (Wildman–Crippen MR) is 68.9 cm³/mol. The normalized spacial score (nSPS) is 29.2. The van der Waals surface area contributed by atoms with E-state index in [1.54, 1.807) is 0 Å². The fourth-order valence-corrected chi connectivity index (χ4v) is 3.04. The second-order valence-corrected chi connectivity index (χ2v) is 5.61. The molecule has 4 heteroatoms. The highest BCUT2D eigenvalue weighted by atomic mass is 16.2. The molecular weight excluding hydrogens is 214 g/mol. The van der Waals surface area contributed by atoms with Gasteiger partial charge in [0, 0.05) is 12.6 Å². The summed E-state index contributed by atoms with van der Waals surface area (Å²) in [6.45, 7) is 6.21. The van der Waals surface area contributed by atoms with Crippen LogP contribution in [0.5, 0.6) is 0 Å². The van der Waals surface area contributed by atoms with Crippen LogP contribution in [0.2, 0.25) is 0 Å². The molecule has 2 fully saturated rings. The Morgan fingerprint density at radius 2 is 2.18 bits per heavy atom. The number of likely N-dealkylation sites (tertiary alicyclic amines) is 1. The van der Waals surface area contributed by atoms with E-state index in [1.807, 2.05) is 0 Å². The van der Waals surface area contributed by atoms with E-state index in [9.17, 15) is 4.79 Å². The lowest BCUT2D eigenvalue weighted by molar-refractivity contribution is -0.133. The Labute approximate surface area is 104 Å². The number of nitrogens with one attached hydrogen (secondary N) is 2. The van der Waals surface area contributed by atoms with E-state index in [2.05, 4.69) is 29.5 Å². The Balaban J connectivity index is 1.92. The largest absolute Gasteiger partial charge is 0.352 e. The Morgan fingerprint density at radius 1 is 1.47 bits per heavy atom. The van der Waals surface area contributed by atoms with Gasteiger partial charge in [0.25, 0.3) is 0 Å². The van der Waals surface area contributed by atoms with E-state index in [0.29, 0.717) is 11.9 Å². The lowest BCUT2D eigenvalue weighted by Gasteiger charge is -2.36. The van der Waals surface area contributed by atoms with Crippen molar-refractivity contribution in [3.8, 4) is 0 Å². The first-order valence-corrected chi connectivity index (χ1v) is 6.86. The van der Waals surface area contributed by atoms with Crippen LogP contribution >= 0.6 is 0 Å². The molecule has 2 N–H and O–H groups in total. The molecular formula is C13H25N3O. The highest BCUT2D eigenvalue weighted by Crippen LogP contribution is 2.33. The summed E-state index contributed by atoms with van der Waals surface area (Å²) in [7, 11) is 2.12. The number of carbonyl (C=O) groups excluding carboxylic acids is 1. The summed E-state index contributed by atoms with van der Waals surface area (Å²) < 4.78 is 0. The van der Waals surface area contributed by atoms with Crippen molar-refractivity contribution in [2.75, 3.05) is 33.2 Å². The highest BCUT2D eigenvalue weighted by molar-refractivity contribution is 5.83. The summed E-state index contributed by atoms with van der Waals surface area (Å²) in [6, 6.07) is 0.366. The van der Waals surface area contributed by atoms with Crippen molar-refractivity contribution in [1.29, 1.82) is 0 Å². The van der Waals surface area contributed by atoms with Crippen LogP contribution in [0, 0.1) is 5.41 Å². The fraction of sp³-hybridized carbons (Fsp3) is 0.923. The van der Waals surface area contributed by atoms with Gasteiger partial charge >= 0.3 is 0 Å². The van der Waals surface area contributed by atoms with E-state index >= 15 is 0 Å². The van der Waals surface area contributed by atoms with Gasteiger partial charge in [0.1, 0.15) is 0 Å². The van der Waals surface area contributed by atoms with Gasteiger partial charge in [0.15, 0.2) is 0 Å². The maximum absolute atomic E-state index is 12.5. The summed E-state index contributed by atoms with van der Waals surface area (Å²) in [4.78, 5) is 14.7. The van der Waals surface area contributed by atoms with E-state index < -0.39 is 0 Å². The molecule has 0 bridgehead atoms. The lowest BCUT2D eigenvalue weighted by Crippen LogP contribution is -2.50. The van der Waals surface area contributed by atoms with Gasteiger partial charge in [-0.25, -0.2) is 0 Å². The zero-order chi connectivity index (χ0) is 12.3. The van der Waals surface area contributed by atoms with Crippen molar-refractivity contribution in [2.45, 2.75) is 38.6 Å². The third kappa shape index (κ3) is 2.80. The second kappa shape index (κ2) is 5.36. The van der Waals surface area contributed by atoms with Crippen LogP contribution in [-0.4, -0.2) is 50.1 Å². The first-order valence-electron chi connectivity index (χ1n) is 6.86. The Morgan fingerprint density at radius 3 is 2.71 bits per heavy atom. The van der Waals surface area contributed by atoms with Crippen LogP contribution in [0.4, 0.5) is 0 Å². The smallest absolute Gasteiger partial charge is 0.226 e. The third-order valence-electron chi connectivity index (χ3n) is 4.45. The zero-order valence-electron chi connectivity index (χ0n) is 11.1. The molecule has 1 atom stereocenters. The van der Waals surface area contributed by atoms with Crippen LogP contribution in [0.1, 0.15) is 32.6 Å². The molecule has 1 amide bonds. The average molecular weight is 239 g/mol. The van der Waals surface area contributed by atoms with Gasteiger partial charge in [-0.1, -0.05) is 6.92 Å². The minimum absolute atomic E-state index is 0.105. The molecule has 0 aromatic heterocycles. The fourth-order valence-electron chi connectivity index (χ4n) is 3.04. The molecule has 2 heterocycles. The van der Waals surface area contributed by atoms with Crippen LogP contribution in [-0.2, 0) is 4.79 Å². The SMILES string of the molecule is CCC1(C(=O)NC2CCN(C)C2)CCNCC1. The van der Waals surface area contributed by atoms with Crippen LogP contribution < -0.4 is 10.6 Å². The topological polar surface area (TPSA) is 44.4 Å². The zero-order valence-corrected chi connectivity index (χ0v) is 11.1. The second-order valence-electron chi connectivity index (χ2n) is 5.61. The number of likely N-dealkylation sites (N-methyl/N-ethyl adjacent to an activating group) is 1. The van der Waals surface area contributed by atoms with Crippen molar-refractivity contribution < 1.29 is 4.79 Å². The first-order chi connectivity index (χ1) is 8.16. The van der Waals surface area contributed by atoms with Gasteiger partial charge in [0.05, 0.1) is 5.41 Å². The van der Waals surface area contributed by atoms with Crippen LogP contribution in [0.25, 0.3) is 0 Å². The maximum atomic E-state index is 12.5. The van der Waals surface area contributed by atoms with Crippen molar-refractivity contribution >= 4 is 5.91 Å². The number of nitrogens with zero attached hydrogens (tertiary/aromatic N) is 1. The number of hydrogen-bond acceptors (Lipinski definition) is 3. The van der Waals surface area contributed by atoms with Crippen LogP contribution in [0.15, 0.2) is 0 Å². The molecule has 17 heavy (non-hydrogen) atoms. The standard InChI is InChI=1S/C13H25N3O/c1-3-13(5-7-14-8-6-13)12(17)15-11-4-9-16(2)10-11/h11,14H,3-10H2,1-2H3,(H,15,17). The van der Waals surface area contributed by atoms with Gasteiger partial charge in [-0.15, -0.1) is 0 Å². The number of rotatable bonds is 3. The van der Waals surface area contributed by atoms with Crippen molar-refractivity contribution in [3.05, 3.63) is 0 Å². The highest BCUT2D eigenvalue weighted by Gasteiger charge is 2.38. The lowest BCUT2D eigenvalue weighted by atomic mass is 9.75. The number of hydrogen-bond donors (Lipinski definition) is 2. The minimum atomic E-state index is -0.105. The molecule has 4 nitrogen and oxygen atoms in total. The number of amides is 1. The minimum Gasteiger partial charge on any atom is -0.352 e. The quantitative estimate of drug-likeness (QED) is 0.757. The summed E-state index contributed by atoms with van der Waals surface area (Å²) in [6.07, 6.45) is 4.03. The monoisotopic (exact) mass is 239 g/mol. The van der Waals surface area contributed by atoms with E-state index in [4.69, 9.17) is 0 Å². The van der Waals surface area contributed by atoms with E-state index in [1.165, 1.54) is 0 Å². The Kier molecular flexibility index (Phi) is 4.05. The predicted octanol–water partition coefficient (Wildman–Crippen LogP) is 0.587. The molecule has 0 aromatic rings. The molecule has 0 aromatic carbocycles. The summed E-state index contributed by atoms with van der Waals surface area (Å²) in [5.74, 6) is 0.293. The molecule has 2 saturated heterocycles. The molecule has 2 aliphatic rings. The molecule has 98 valence electrons. The van der Waals surface area contributed by atoms with Gasteiger partial charge < -0.3 is 15.5 Å². The van der Waals surface area contributed by atoms with Crippen molar-refractivity contribution in [1.82, 2.24) is 15.5 Å². The average Bonchev–Trinajstić information content (AvgIpc) is 2.75. The summed E-state index contributed by atoms with van der Waals surface area (Å²) in [5.41, 5.74) is -0.105. The van der Waals surface area contributed by atoms with E-state index in [-0.39, 0.29) is 5.41 Å². The molecule has 0 spiro atoms. The van der Waals surface area contributed by atoms with Crippen molar-refractivity contribution in [2.24, 2.45) is 5.41 Å². The molecule has 0 aliphatic carbocycles. The summed E-state index contributed by atoms with van der Waals surface area (Å²) >= 11 is 0. The number of piperidine rings is 1. The first kappa shape index (κ1) is 12.8. The van der Waals surface area contributed by atoms with Gasteiger partial charge in [0.2, 0.25) is 5.91 Å². The van der Waals surface area contributed by atoms with Crippen LogP contribution in [0.3, 0.4) is 0 Å². The molecule has 1 unspecified atom stereocenters. The van der Waals surface area contributed by atoms with Gasteiger partial charge in [-0.2, -0.15) is 0 Å². The van der Waals surface area contributed by atoms with Gasteiger partial charge in [-0.05, 0) is 52.4 Å². The maximum Gasteiger partial charge on any atom is 0.226 e.